The number of methoxy groups -OCH3 is 2. The normalized spacial score (nSPS) is 35.0. The summed E-state index contributed by atoms with van der Waals surface area (Å²) < 4.78 is 16.3. The molecular formula is C28H38N2O9. The van der Waals surface area contributed by atoms with E-state index in [-0.39, 0.29) is 23.3 Å². The molecule has 2 bridgehead atoms. The first-order chi connectivity index (χ1) is 18.3. The van der Waals surface area contributed by atoms with E-state index in [4.69, 9.17) is 19.9 Å². The zero-order valence-corrected chi connectivity index (χ0v) is 23.0. The lowest BCUT2D eigenvalue weighted by Gasteiger charge is -2.30. The van der Waals surface area contributed by atoms with E-state index in [9.17, 15) is 29.4 Å². The maximum atomic E-state index is 13.2. The average Bonchev–Trinajstić information content (AvgIpc) is 2.86. The molecule has 11 nitrogen and oxygen atoms in total. The summed E-state index contributed by atoms with van der Waals surface area (Å²) in [4.78, 5) is 50.1. The zero-order valence-electron chi connectivity index (χ0n) is 23.0. The number of allylic oxidation sites excluding steroid dienone is 5. The second-order valence-electron chi connectivity index (χ2n) is 9.83. The van der Waals surface area contributed by atoms with Crippen molar-refractivity contribution in [1.29, 1.82) is 0 Å². The molecule has 39 heavy (non-hydrogen) atoms. The Bertz CT molecular complexity index is 1120. The topological polar surface area (TPSA) is 174 Å². The van der Waals surface area contributed by atoms with Gasteiger partial charge in [0, 0.05) is 37.4 Å². The Morgan fingerprint density at radius 3 is 2.31 bits per heavy atom. The predicted octanol–water partition coefficient (Wildman–Crippen LogP) is 1.41. The molecule has 2 rings (SSSR count). The van der Waals surface area contributed by atoms with Crippen molar-refractivity contribution in [2.24, 2.45) is 17.6 Å². The van der Waals surface area contributed by atoms with Gasteiger partial charge >= 0.3 is 6.09 Å². The van der Waals surface area contributed by atoms with Gasteiger partial charge in [0.15, 0.2) is 11.9 Å². The van der Waals surface area contributed by atoms with Crippen molar-refractivity contribution in [1.82, 2.24) is 5.32 Å². The number of carbonyl (C=O) groups excluding carboxylic acids is 4. The lowest BCUT2D eigenvalue weighted by molar-refractivity contribution is -0.120. The van der Waals surface area contributed by atoms with E-state index >= 15 is 0 Å². The number of ketones is 2. The van der Waals surface area contributed by atoms with Crippen LogP contribution in [-0.2, 0) is 28.6 Å². The van der Waals surface area contributed by atoms with Gasteiger partial charge in [-0.15, -0.1) is 0 Å². The summed E-state index contributed by atoms with van der Waals surface area (Å²) in [5.41, 5.74) is 5.84. The number of nitrogens with two attached hydrogens (primary N) is 1. The Morgan fingerprint density at radius 1 is 1.05 bits per heavy atom. The molecular weight excluding hydrogens is 508 g/mol. The molecule has 0 aromatic rings. The van der Waals surface area contributed by atoms with Crippen LogP contribution in [0.15, 0.2) is 58.9 Å². The highest BCUT2D eigenvalue weighted by molar-refractivity contribution is 6.22. The third-order valence-electron chi connectivity index (χ3n) is 6.76. The fourth-order valence-electron chi connectivity index (χ4n) is 4.65. The standard InChI is InChI=1S/C28H38N2O9/c1-14-8-7-9-22(37-5)26(39-28(29)36)16(3)10-15(2)23(33)21(32)11-17(4)25(38-6)19-12-18(31)13-20(24(19)34)30-27(14)35/h7-10,12-13,15,17,21-23,25-26,32-33H,11H2,1-6H3,(H2,29,36)(H,30,35)/b9-7-,14-8+,16-10+/t15-,17-,21-,22?,23+,25?,26-/m0/s1. The van der Waals surface area contributed by atoms with Crippen LogP contribution in [0.2, 0.25) is 0 Å². The van der Waals surface area contributed by atoms with Crippen LogP contribution >= 0.6 is 0 Å². The molecule has 0 radical (unpaired) electrons. The molecule has 0 fully saturated rings. The summed E-state index contributed by atoms with van der Waals surface area (Å²) >= 11 is 0. The minimum Gasteiger partial charge on any atom is -0.439 e. The molecule has 7 atom stereocenters. The van der Waals surface area contributed by atoms with Crippen LogP contribution in [0, 0.1) is 11.8 Å². The number of aliphatic hydroxyl groups excluding tert-OH is 2. The van der Waals surface area contributed by atoms with Crippen LogP contribution in [-0.4, -0.2) is 78.5 Å². The number of carbonyl (C=O) groups is 4. The summed E-state index contributed by atoms with van der Waals surface area (Å²) in [6.07, 6.45) is 2.21. The third kappa shape index (κ3) is 8.30. The molecule has 1 aliphatic heterocycles. The lowest BCUT2D eigenvalue weighted by Crippen LogP contribution is -2.39. The van der Waals surface area contributed by atoms with Gasteiger partial charge in [0.2, 0.25) is 5.78 Å². The molecule has 2 aliphatic rings. The summed E-state index contributed by atoms with van der Waals surface area (Å²) in [5.74, 6) is -2.80. The molecule has 1 aliphatic carbocycles. The Hall–Kier alpha value is -3.38. The van der Waals surface area contributed by atoms with E-state index in [0.717, 1.165) is 12.2 Å². The van der Waals surface area contributed by atoms with Crippen LogP contribution in [0.5, 0.6) is 0 Å². The summed E-state index contributed by atoms with van der Waals surface area (Å²) in [6.45, 7) is 6.59. The molecule has 2 amide bonds. The number of fused-ring (bicyclic) bond motifs is 2. The number of ether oxygens (including phenoxy) is 3. The average molecular weight is 547 g/mol. The van der Waals surface area contributed by atoms with E-state index in [0.29, 0.717) is 5.57 Å². The number of primary amides is 1. The predicted molar refractivity (Wildman–Crippen MR) is 142 cm³/mol. The van der Waals surface area contributed by atoms with Crippen molar-refractivity contribution < 1.29 is 43.6 Å². The van der Waals surface area contributed by atoms with Gasteiger partial charge < -0.3 is 35.5 Å². The number of Topliss-reactive ketones (excluding diaryl/α,β-unsaturated/α-hetero) is 1. The number of aliphatic hydroxyl groups is 2. The second-order valence-corrected chi connectivity index (χ2v) is 9.83. The van der Waals surface area contributed by atoms with Crippen LogP contribution < -0.4 is 11.1 Å². The minimum absolute atomic E-state index is 0.0214. The number of hydrogen-bond donors (Lipinski definition) is 4. The molecule has 11 heteroatoms. The highest BCUT2D eigenvalue weighted by Crippen LogP contribution is 2.28. The fourth-order valence-corrected chi connectivity index (χ4v) is 4.65. The van der Waals surface area contributed by atoms with Crippen LogP contribution in [0.4, 0.5) is 4.79 Å². The summed E-state index contributed by atoms with van der Waals surface area (Å²) in [7, 11) is 2.77. The fraction of sp³-hybridized carbons (Fsp3) is 0.500. The van der Waals surface area contributed by atoms with Gasteiger partial charge in [-0.05, 0) is 37.8 Å². The Kier molecular flexibility index (Phi) is 11.5. The van der Waals surface area contributed by atoms with Gasteiger partial charge in [-0.25, -0.2) is 4.79 Å². The maximum absolute atomic E-state index is 13.2. The first-order valence-corrected chi connectivity index (χ1v) is 12.5. The molecule has 1 heterocycles. The molecule has 0 spiro atoms. The summed E-state index contributed by atoms with van der Waals surface area (Å²) in [5, 5.41) is 24.2. The molecule has 214 valence electrons. The Labute approximate surface area is 228 Å². The second kappa shape index (κ2) is 14.1. The molecule has 0 aromatic heterocycles. The van der Waals surface area contributed by atoms with Crippen molar-refractivity contribution in [2.75, 3.05) is 14.2 Å². The monoisotopic (exact) mass is 546 g/mol. The minimum atomic E-state index is -1.23. The maximum Gasteiger partial charge on any atom is 0.405 e. The highest BCUT2D eigenvalue weighted by Gasteiger charge is 2.35. The molecule has 2 unspecified atom stereocenters. The van der Waals surface area contributed by atoms with Crippen LogP contribution in [0.25, 0.3) is 0 Å². The molecule has 0 saturated carbocycles. The first kappa shape index (κ1) is 31.8. The smallest absolute Gasteiger partial charge is 0.405 e. The van der Waals surface area contributed by atoms with Crippen LogP contribution in [0.1, 0.15) is 34.1 Å². The highest BCUT2D eigenvalue weighted by atomic mass is 16.6. The summed E-state index contributed by atoms with van der Waals surface area (Å²) in [6, 6.07) is 0. The van der Waals surface area contributed by atoms with Gasteiger partial charge in [-0.2, -0.15) is 0 Å². The Morgan fingerprint density at radius 2 is 1.72 bits per heavy atom. The number of rotatable bonds is 3. The largest absolute Gasteiger partial charge is 0.439 e. The molecule has 5 N–H and O–H groups in total. The molecule has 0 saturated heterocycles. The SMILES string of the molecule is COC1C2=CC(=O)C=C(NC(=O)/C(C)=C/C=C\C(OC)[C@@H](OC(N)=O)/C(C)=C/[C@H](C)[C@@H](O)[C@@H](O)C[C@@H]1C)C2=O. The number of hydrogen-bond acceptors (Lipinski definition) is 9. The third-order valence-corrected chi connectivity index (χ3v) is 6.76. The van der Waals surface area contributed by atoms with E-state index in [2.05, 4.69) is 5.32 Å². The van der Waals surface area contributed by atoms with E-state index in [1.54, 1.807) is 32.9 Å². The Balaban J connectivity index is 2.58. The van der Waals surface area contributed by atoms with Crippen molar-refractivity contribution in [2.45, 2.75) is 64.6 Å². The van der Waals surface area contributed by atoms with Crippen molar-refractivity contribution >= 4 is 23.6 Å². The van der Waals surface area contributed by atoms with E-state index in [1.165, 1.54) is 33.3 Å². The van der Waals surface area contributed by atoms with Crippen molar-refractivity contribution in [3.63, 3.8) is 0 Å². The van der Waals surface area contributed by atoms with E-state index < -0.39 is 65.9 Å². The van der Waals surface area contributed by atoms with E-state index in [1.807, 2.05) is 0 Å². The van der Waals surface area contributed by atoms with Crippen molar-refractivity contribution in [3.05, 3.63) is 58.9 Å². The number of amides is 2. The van der Waals surface area contributed by atoms with Gasteiger partial charge in [0.1, 0.15) is 6.10 Å². The van der Waals surface area contributed by atoms with Gasteiger partial charge in [0.25, 0.3) is 5.91 Å². The van der Waals surface area contributed by atoms with Crippen molar-refractivity contribution in [3.8, 4) is 0 Å². The quantitative estimate of drug-likeness (QED) is 0.301. The lowest BCUT2D eigenvalue weighted by atomic mass is 9.84. The van der Waals surface area contributed by atoms with Crippen LogP contribution in [0.3, 0.4) is 0 Å². The number of nitrogens with one attached hydrogen (secondary N) is 1. The molecule has 0 aromatic carbocycles. The van der Waals surface area contributed by atoms with Gasteiger partial charge in [0.05, 0.1) is 24.0 Å². The van der Waals surface area contributed by atoms with Gasteiger partial charge in [-0.3, -0.25) is 14.4 Å². The first-order valence-electron chi connectivity index (χ1n) is 12.5. The van der Waals surface area contributed by atoms with Gasteiger partial charge in [-0.1, -0.05) is 38.2 Å². The zero-order chi connectivity index (χ0) is 29.4.